The summed E-state index contributed by atoms with van der Waals surface area (Å²) < 4.78 is 56.7. The van der Waals surface area contributed by atoms with Crippen LogP contribution in [0.25, 0.3) is 22.2 Å². The normalized spacial score (nSPS) is 13.9. The Morgan fingerprint density at radius 1 is 1.26 bits per heavy atom. The molecule has 1 fully saturated rings. The zero-order valence-electron chi connectivity index (χ0n) is 19.7. The van der Waals surface area contributed by atoms with Gasteiger partial charge in [0.2, 0.25) is 0 Å². The molecule has 2 aromatic heterocycles. The summed E-state index contributed by atoms with van der Waals surface area (Å²) in [5.41, 5.74) is 6.97. The van der Waals surface area contributed by atoms with Crippen molar-refractivity contribution in [1.82, 2.24) is 14.5 Å². The van der Waals surface area contributed by atoms with Crippen LogP contribution in [0.2, 0.25) is 10.0 Å². The number of hydrogen-bond donors (Lipinski definition) is 2. The third-order valence-corrected chi connectivity index (χ3v) is 8.15. The molecule has 0 spiro atoms. The van der Waals surface area contributed by atoms with E-state index in [9.17, 15) is 13.2 Å². The van der Waals surface area contributed by atoms with E-state index in [-0.39, 0.29) is 45.3 Å². The number of nitrogens with two attached hydrogens (primary N) is 1. The fraction of sp³-hybridized carbons (Fsp3) is 0.208. The number of nitrogens with one attached hydrogen (secondary N) is 1. The van der Waals surface area contributed by atoms with Crippen LogP contribution in [0.15, 0.2) is 47.8 Å². The quantitative estimate of drug-likeness (QED) is 0.304. The molecule has 10 nitrogen and oxygen atoms in total. The van der Waals surface area contributed by atoms with Gasteiger partial charge >= 0.3 is 5.97 Å². The number of halogens is 3. The Kier molecular flexibility index (Phi) is 6.90. The van der Waals surface area contributed by atoms with E-state index < -0.39 is 26.7 Å². The highest BCUT2D eigenvalue weighted by molar-refractivity contribution is 7.92. The van der Waals surface area contributed by atoms with Crippen LogP contribution in [0.1, 0.15) is 18.5 Å². The molecule has 1 saturated heterocycles. The van der Waals surface area contributed by atoms with Crippen LogP contribution in [0.3, 0.4) is 0 Å². The summed E-state index contributed by atoms with van der Waals surface area (Å²) >= 11 is 12.4. The number of nitrogen functional groups attached to an aromatic ring is 1. The van der Waals surface area contributed by atoms with E-state index in [2.05, 4.69) is 14.7 Å². The zero-order chi connectivity index (χ0) is 27.2. The minimum absolute atomic E-state index is 0.00329. The second kappa shape index (κ2) is 10.0. The van der Waals surface area contributed by atoms with Gasteiger partial charge in [-0.25, -0.2) is 22.8 Å². The fourth-order valence-electron chi connectivity index (χ4n) is 4.09. The average molecular weight is 580 g/mol. The summed E-state index contributed by atoms with van der Waals surface area (Å²) in [6, 6.07) is 6.77. The van der Waals surface area contributed by atoms with Crippen LogP contribution < -0.4 is 10.5 Å². The third-order valence-electron chi connectivity index (χ3n) is 5.99. The first-order valence-corrected chi connectivity index (χ1v) is 13.4. The van der Waals surface area contributed by atoms with E-state index in [1.165, 1.54) is 37.5 Å². The maximum atomic E-state index is 15.9. The fourth-order valence-corrected chi connectivity index (χ4v) is 6.07. The van der Waals surface area contributed by atoms with Gasteiger partial charge in [-0.1, -0.05) is 35.3 Å². The van der Waals surface area contributed by atoms with Crippen molar-refractivity contribution < 1.29 is 27.1 Å². The van der Waals surface area contributed by atoms with E-state index >= 15 is 4.39 Å². The molecule has 4 aromatic rings. The molecular formula is C24H20Cl2FN5O5S. The number of carbonyl (C=O) groups is 1. The molecule has 0 radical (unpaired) electrons. The molecular weight excluding hydrogens is 560 g/mol. The topological polar surface area (TPSA) is 138 Å². The molecule has 0 aliphatic carbocycles. The van der Waals surface area contributed by atoms with Gasteiger partial charge < -0.3 is 19.8 Å². The van der Waals surface area contributed by atoms with Crippen molar-refractivity contribution in [3.63, 3.8) is 0 Å². The first-order chi connectivity index (χ1) is 18.1. The van der Waals surface area contributed by atoms with Crippen molar-refractivity contribution in [1.29, 1.82) is 0 Å². The number of carbonyl (C=O) groups excluding carboxylic acids is 1. The number of ether oxygens (including phenoxy) is 2. The number of esters is 1. The van der Waals surface area contributed by atoms with Crippen LogP contribution in [0, 0.1) is 5.82 Å². The standard InChI is InChI=1S/C24H20Cl2FN5O5S/c1-12(33)37-8-13-5-14(25)6-19(21(13)26)38(34,35)31-18-4-2-3-16(22(18)27)17-7-32(15-9-36-10-15)24-20(17)23(28)29-11-30-24/h2-7,11,15,31H,8-10H2,1H3,(H2,28,29,30). The van der Waals surface area contributed by atoms with Gasteiger partial charge in [-0.15, -0.1) is 0 Å². The van der Waals surface area contributed by atoms with Crippen molar-refractivity contribution in [2.45, 2.75) is 24.5 Å². The third kappa shape index (κ3) is 4.75. The Hall–Kier alpha value is -3.45. The van der Waals surface area contributed by atoms with Crippen molar-refractivity contribution >= 4 is 61.7 Å². The molecule has 0 atom stereocenters. The van der Waals surface area contributed by atoms with E-state index in [1.807, 2.05) is 4.57 Å². The number of aromatic nitrogens is 3. The van der Waals surface area contributed by atoms with Crippen LogP contribution in [0.4, 0.5) is 15.9 Å². The first-order valence-electron chi connectivity index (χ1n) is 11.2. The molecule has 5 rings (SSSR count). The van der Waals surface area contributed by atoms with Crippen molar-refractivity contribution in [2.24, 2.45) is 0 Å². The number of nitrogens with zero attached hydrogens (tertiary/aromatic N) is 3. The van der Waals surface area contributed by atoms with E-state index in [0.717, 1.165) is 6.07 Å². The average Bonchev–Trinajstić information content (AvgIpc) is 3.19. The Balaban J connectivity index is 1.56. The van der Waals surface area contributed by atoms with Gasteiger partial charge in [0.15, 0.2) is 5.82 Å². The summed E-state index contributed by atoms with van der Waals surface area (Å²) in [5.74, 6) is -1.28. The highest BCUT2D eigenvalue weighted by Crippen LogP contribution is 2.39. The lowest BCUT2D eigenvalue weighted by atomic mass is 10.0. The van der Waals surface area contributed by atoms with E-state index in [1.54, 1.807) is 6.20 Å². The van der Waals surface area contributed by atoms with Crippen molar-refractivity contribution in [2.75, 3.05) is 23.7 Å². The van der Waals surface area contributed by atoms with Crippen molar-refractivity contribution in [3.8, 4) is 11.1 Å². The lowest BCUT2D eigenvalue weighted by Crippen LogP contribution is -2.30. The molecule has 14 heteroatoms. The Morgan fingerprint density at radius 2 is 2.03 bits per heavy atom. The van der Waals surface area contributed by atoms with Gasteiger partial charge in [0.05, 0.1) is 35.4 Å². The minimum Gasteiger partial charge on any atom is -0.461 e. The minimum atomic E-state index is -4.42. The Morgan fingerprint density at radius 3 is 2.71 bits per heavy atom. The summed E-state index contributed by atoms with van der Waals surface area (Å²) in [5, 5.41) is 0.260. The monoisotopic (exact) mass is 579 g/mol. The van der Waals surface area contributed by atoms with Gasteiger partial charge in [-0.3, -0.25) is 9.52 Å². The van der Waals surface area contributed by atoms with E-state index in [0.29, 0.717) is 29.8 Å². The molecule has 3 N–H and O–H groups in total. The van der Waals surface area contributed by atoms with Crippen LogP contribution >= 0.6 is 23.2 Å². The largest absolute Gasteiger partial charge is 0.461 e. The molecule has 1 aliphatic heterocycles. The second-order valence-electron chi connectivity index (χ2n) is 8.53. The highest BCUT2D eigenvalue weighted by atomic mass is 35.5. The molecule has 2 aromatic carbocycles. The number of fused-ring (bicyclic) bond motifs is 1. The summed E-state index contributed by atoms with van der Waals surface area (Å²) in [6.45, 7) is 1.84. The van der Waals surface area contributed by atoms with Crippen molar-refractivity contribution in [3.05, 3.63) is 64.3 Å². The Labute approximate surface area is 226 Å². The molecule has 0 unspecified atom stereocenters. The number of sulfonamides is 1. The summed E-state index contributed by atoms with van der Waals surface area (Å²) in [7, 11) is -4.42. The number of anilines is 2. The highest BCUT2D eigenvalue weighted by Gasteiger charge is 2.28. The predicted octanol–water partition coefficient (Wildman–Crippen LogP) is 4.56. The second-order valence-corrected chi connectivity index (χ2v) is 11.0. The van der Waals surface area contributed by atoms with E-state index in [4.69, 9.17) is 38.4 Å². The first kappa shape index (κ1) is 26.2. The van der Waals surface area contributed by atoms with Crippen LogP contribution in [-0.2, 0) is 30.9 Å². The van der Waals surface area contributed by atoms with Crippen LogP contribution in [0.5, 0.6) is 0 Å². The molecule has 0 amide bonds. The molecule has 198 valence electrons. The lowest BCUT2D eigenvalue weighted by molar-refractivity contribution is -0.142. The number of hydrogen-bond acceptors (Lipinski definition) is 8. The SMILES string of the molecule is CC(=O)OCc1cc(Cl)cc(S(=O)(=O)Nc2cccc(-c3cn(C4COC4)c4ncnc(N)c34)c2F)c1Cl. The maximum absolute atomic E-state index is 15.9. The predicted molar refractivity (Wildman–Crippen MR) is 140 cm³/mol. The Bertz CT molecular complexity index is 1690. The molecule has 0 saturated carbocycles. The molecule has 0 bridgehead atoms. The number of rotatable bonds is 7. The van der Waals surface area contributed by atoms with Gasteiger partial charge in [-0.2, -0.15) is 0 Å². The van der Waals surface area contributed by atoms with Crippen LogP contribution in [-0.4, -0.2) is 42.1 Å². The number of benzene rings is 2. The molecule has 38 heavy (non-hydrogen) atoms. The lowest BCUT2D eigenvalue weighted by Gasteiger charge is -2.27. The summed E-state index contributed by atoms with van der Waals surface area (Å²) in [6.07, 6.45) is 3.03. The van der Waals surface area contributed by atoms with Gasteiger partial charge in [0, 0.05) is 34.8 Å². The van der Waals surface area contributed by atoms with Gasteiger partial charge in [0.1, 0.15) is 29.3 Å². The van der Waals surface area contributed by atoms with Gasteiger partial charge in [-0.05, 0) is 18.2 Å². The molecule has 3 heterocycles. The molecule has 1 aliphatic rings. The maximum Gasteiger partial charge on any atom is 0.302 e. The zero-order valence-corrected chi connectivity index (χ0v) is 22.1. The summed E-state index contributed by atoms with van der Waals surface area (Å²) in [4.78, 5) is 19.1. The van der Waals surface area contributed by atoms with Gasteiger partial charge in [0.25, 0.3) is 10.0 Å². The smallest absolute Gasteiger partial charge is 0.302 e.